The van der Waals surface area contributed by atoms with E-state index in [9.17, 15) is 18.9 Å². The summed E-state index contributed by atoms with van der Waals surface area (Å²) in [5.41, 5.74) is 0.0146. The predicted molar refractivity (Wildman–Crippen MR) is 75.4 cm³/mol. The number of nitrogens with zero attached hydrogens (tertiary/aromatic N) is 1. The first kappa shape index (κ1) is 14.7. The number of hydrogen-bond donors (Lipinski definition) is 1. The third kappa shape index (κ3) is 3.23. The van der Waals surface area contributed by atoms with E-state index < -0.39 is 22.2 Å². The van der Waals surface area contributed by atoms with Crippen LogP contribution < -0.4 is 5.32 Å². The quantitative estimate of drug-likeness (QED) is 0.614. The third-order valence-electron chi connectivity index (χ3n) is 2.37. The zero-order chi connectivity index (χ0) is 14.9. The van der Waals surface area contributed by atoms with Crippen molar-refractivity contribution < 1.29 is 13.7 Å². The Morgan fingerprint density at radius 1 is 1.15 bits per heavy atom. The molecule has 104 valence electrons. The van der Waals surface area contributed by atoms with Crippen molar-refractivity contribution in [2.45, 2.75) is 0 Å². The highest BCUT2D eigenvalue weighted by Crippen LogP contribution is 2.35. The Hall–Kier alpha value is -1.73. The molecule has 0 unspecified atom stereocenters. The SMILES string of the molecule is O=[N+]([O-])c1cc(F)cc(Nc2c(Cl)cc(F)cc2Br)c1. The lowest BCUT2D eigenvalue weighted by molar-refractivity contribution is -0.385. The molecule has 0 atom stereocenters. The van der Waals surface area contributed by atoms with Crippen LogP contribution in [0.15, 0.2) is 34.8 Å². The molecule has 8 heteroatoms. The zero-order valence-corrected chi connectivity index (χ0v) is 12.0. The van der Waals surface area contributed by atoms with Crippen LogP contribution in [0.25, 0.3) is 0 Å². The molecular formula is C12H6BrClF2N2O2. The van der Waals surface area contributed by atoms with Gasteiger partial charge >= 0.3 is 0 Å². The summed E-state index contributed by atoms with van der Waals surface area (Å²) in [6, 6.07) is 5.26. The van der Waals surface area contributed by atoms with E-state index in [0.29, 0.717) is 4.47 Å². The molecule has 2 rings (SSSR count). The molecule has 20 heavy (non-hydrogen) atoms. The van der Waals surface area contributed by atoms with Crippen LogP contribution in [0.1, 0.15) is 0 Å². The lowest BCUT2D eigenvalue weighted by Crippen LogP contribution is -1.96. The summed E-state index contributed by atoms with van der Waals surface area (Å²) >= 11 is 8.97. The van der Waals surface area contributed by atoms with Crippen LogP contribution >= 0.6 is 27.5 Å². The number of anilines is 2. The molecule has 0 spiro atoms. The molecule has 0 amide bonds. The maximum Gasteiger partial charge on any atom is 0.274 e. The Labute approximate surface area is 125 Å². The lowest BCUT2D eigenvalue weighted by Gasteiger charge is -2.11. The highest BCUT2D eigenvalue weighted by Gasteiger charge is 2.13. The van der Waals surface area contributed by atoms with E-state index in [0.717, 1.165) is 24.3 Å². The van der Waals surface area contributed by atoms with Crippen molar-refractivity contribution in [1.29, 1.82) is 0 Å². The largest absolute Gasteiger partial charge is 0.353 e. The maximum atomic E-state index is 13.3. The molecule has 0 saturated carbocycles. The van der Waals surface area contributed by atoms with E-state index >= 15 is 0 Å². The highest BCUT2D eigenvalue weighted by atomic mass is 79.9. The van der Waals surface area contributed by atoms with Crippen LogP contribution in [-0.2, 0) is 0 Å². The number of benzene rings is 2. The van der Waals surface area contributed by atoms with Gasteiger partial charge in [0.15, 0.2) is 0 Å². The van der Waals surface area contributed by atoms with E-state index in [1.54, 1.807) is 0 Å². The first-order chi connectivity index (χ1) is 9.36. The third-order valence-corrected chi connectivity index (χ3v) is 3.29. The number of nitro groups is 1. The fourth-order valence-corrected chi connectivity index (χ4v) is 2.46. The van der Waals surface area contributed by atoms with Crippen LogP contribution in [0.4, 0.5) is 25.8 Å². The van der Waals surface area contributed by atoms with E-state index in [2.05, 4.69) is 21.2 Å². The van der Waals surface area contributed by atoms with E-state index in [1.807, 2.05) is 0 Å². The lowest BCUT2D eigenvalue weighted by atomic mass is 10.2. The fraction of sp³-hybridized carbons (Fsp3) is 0. The molecule has 2 aromatic carbocycles. The molecule has 2 aromatic rings. The summed E-state index contributed by atoms with van der Waals surface area (Å²) < 4.78 is 26.7. The molecule has 0 aromatic heterocycles. The molecule has 0 bridgehead atoms. The number of hydrogen-bond acceptors (Lipinski definition) is 3. The second kappa shape index (κ2) is 5.72. The van der Waals surface area contributed by atoms with Crippen molar-refractivity contribution in [2.75, 3.05) is 5.32 Å². The fourth-order valence-electron chi connectivity index (χ4n) is 1.56. The highest BCUT2D eigenvalue weighted by molar-refractivity contribution is 9.10. The molecule has 0 radical (unpaired) electrons. The molecular weight excluding hydrogens is 357 g/mol. The number of nitrogens with one attached hydrogen (secondary N) is 1. The van der Waals surface area contributed by atoms with Crippen molar-refractivity contribution in [1.82, 2.24) is 0 Å². The van der Waals surface area contributed by atoms with Crippen LogP contribution in [0.3, 0.4) is 0 Å². The Balaban J connectivity index is 2.42. The van der Waals surface area contributed by atoms with E-state index in [1.165, 1.54) is 6.07 Å². The average molecular weight is 364 g/mol. The summed E-state index contributed by atoms with van der Waals surface area (Å²) in [5.74, 6) is -1.31. The molecule has 0 saturated heterocycles. The summed E-state index contributed by atoms with van der Waals surface area (Å²) in [6.07, 6.45) is 0. The first-order valence-corrected chi connectivity index (χ1v) is 6.40. The van der Waals surface area contributed by atoms with Gasteiger partial charge in [-0.3, -0.25) is 10.1 Å². The van der Waals surface area contributed by atoms with Crippen molar-refractivity contribution in [3.63, 3.8) is 0 Å². The van der Waals surface area contributed by atoms with Gasteiger partial charge in [0.1, 0.15) is 11.6 Å². The monoisotopic (exact) mass is 362 g/mol. The minimum atomic E-state index is -0.768. The van der Waals surface area contributed by atoms with Gasteiger partial charge in [0.2, 0.25) is 0 Å². The topological polar surface area (TPSA) is 55.2 Å². The van der Waals surface area contributed by atoms with Gasteiger partial charge in [-0.2, -0.15) is 0 Å². The van der Waals surface area contributed by atoms with Crippen LogP contribution in [0.5, 0.6) is 0 Å². The van der Waals surface area contributed by atoms with Crippen LogP contribution in [-0.4, -0.2) is 4.92 Å². The van der Waals surface area contributed by atoms with Crippen LogP contribution in [0, 0.1) is 21.7 Å². The molecule has 0 aliphatic rings. The van der Waals surface area contributed by atoms with Crippen LogP contribution in [0.2, 0.25) is 5.02 Å². The van der Waals surface area contributed by atoms with Crippen molar-refractivity contribution in [3.05, 3.63) is 61.6 Å². The number of halogens is 4. The Kier molecular flexibility index (Phi) is 4.20. The first-order valence-electron chi connectivity index (χ1n) is 5.23. The summed E-state index contributed by atoms with van der Waals surface area (Å²) in [7, 11) is 0. The standard InChI is InChI=1S/C12H6BrClF2N2O2/c13-10-3-7(16)4-11(14)12(10)17-8-1-6(15)2-9(5-8)18(19)20/h1-5,17H. The number of nitro benzene ring substituents is 1. The zero-order valence-electron chi connectivity index (χ0n) is 9.66. The smallest absolute Gasteiger partial charge is 0.274 e. The minimum Gasteiger partial charge on any atom is -0.353 e. The second-order valence-electron chi connectivity index (χ2n) is 3.82. The van der Waals surface area contributed by atoms with Gasteiger partial charge in [0.05, 0.1) is 21.7 Å². The second-order valence-corrected chi connectivity index (χ2v) is 5.09. The van der Waals surface area contributed by atoms with Crippen molar-refractivity contribution in [2.24, 2.45) is 0 Å². The Morgan fingerprint density at radius 2 is 1.80 bits per heavy atom. The van der Waals surface area contributed by atoms with Gasteiger partial charge in [-0.15, -0.1) is 0 Å². The maximum absolute atomic E-state index is 13.3. The van der Waals surface area contributed by atoms with Gasteiger partial charge < -0.3 is 5.32 Å². The van der Waals surface area contributed by atoms with Gasteiger partial charge in [-0.25, -0.2) is 8.78 Å². The summed E-state index contributed by atoms with van der Waals surface area (Å²) in [4.78, 5) is 9.95. The molecule has 0 aliphatic carbocycles. The van der Waals surface area contributed by atoms with Gasteiger partial charge in [-0.1, -0.05) is 11.6 Å². The van der Waals surface area contributed by atoms with Gasteiger partial charge in [0, 0.05) is 16.2 Å². The molecule has 1 N–H and O–H groups in total. The number of non-ortho nitro benzene ring substituents is 1. The van der Waals surface area contributed by atoms with Crippen molar-refractivity contribution in [3.8, 4) is 0 Å². The summed E-state index contributed by atoms with van der Waals surface area (Å²) in [6.45, 7) is 0. The van der Waals surface area contributed by atoms with E-state index in [4.69, 9.17) is 11.6 Å². The van der Waals surface area contributed by atoms with E-state index in [-0.39, 0.29) is 16.4 Å². The summed E-state index contributed by atoms with van der Waals surface area (Å²) in [5, 5.41) is 13.4. The predicted octanol–water partition coefficient (Wildman–Crippen LogP) is 5.03. The van der Waals surface area contributed by atoms with Gasteiger partial charge in [-0.05, 0) is 34.1 Å². The van der Waals surface area contributed by atoms with Crippen molar-refractivity contribution >= 4 is 44.6 Å². The average Bonchev–Trinajstić information content (AvgIpc) is 2.33. The molecule has 0 heterocycles. The molecule has 4 nitrogen and oxygen atoms in total. The normalized spacial score (nSPS) is 10.4. The Bertz CT molecular complexity index is 674. The molecule has 0 fully saturated rings. The minimum absolute atomic E-state index is 0.0591. The molecule has 0 aliphatic heterocycles. The van der Waals surface area contributed by atoms with Gasteiger partial charge in [0.25, 0.3) is 5.69 Å². The Morgan fingerprint density at radius 3 is 2.40 bits per heavy atom. The number of rotatable bonds is 3.